The van der Waals surface area contributed by atoms with E-state index < -0.39 is 0 Å². The van der Waals surface area contributed by atoms with Crippen LogP contribution < -0.4 is 10.6 Å². The van der Waals surface area contributed by atoms with E-state index in [1.165, 1.54) is 0 Å². The fourth-order valence-electron chi connectivity index (χ4n) is 2.39. The maximum absolute atomic E-state index is 12.1. The zero-order valence-corrected chi connectivity index (χ0v) is 10.4. The van der Waals surface area contributed by atoms with E-state index in [0.717, 1.165) is 11.9 Å². The molecule has 1 aliphatic heterocycles. The van der Waals surface area contributed by atoms with Crippen molar-refractivity contribution in [1.82, 2.24) is 20.6 Å². The van der Waals surface area contributed by atoms with Crippen LogP contribution in [0.5, 0.6) is 0 Å². The molecule has 0 spiro atoms. The minimum Gasteiger partial charge on any atom is -0.391 e. The normalized spacial score (nSPS) is 22.8. The van der Waals surface area contributed by atoms with Gasteiger partial charge in [0.1, 0.15) is 5.65 Å². The summed E-state index contributed by atoms with van der Waals surface area (Å²) < 4.78 is 0. The van der Waals surface area contributed by atoms with Gasteiger partial charge in [-0.05, 0) is 12.1 Å². The lowest BCUT2D eigenvalue weighted by molar-refractivity contribution is 0.0928. The van der Waals surface area contributed by atoms with Gasteiger partial charge in [-0.2, -0.15) is 0 Å². The summed E-state index contributed by atoms with van der Waals surface area (Å²) in [6, 6.07) is 3.66. The largest absolute Gasteiger partial charge is 0.391 e. The number of aliphatic hydroxyl groups is 1. The maximum Gasteiger partial charge on any atom is 0.253 e. The Labute approximate surface area is 110 Å². The molecule has 1 amide bonds. The van der Waals surface area contributed by atoms with Crippen molar-refractivity contribution in [3.63, 3.8) is 0 Å². The number of pyridine rings is 1. The monoisotopic (exact) mass is 260 g/mol. The molecule has 0 aromatic carbocycles. The Morgan fingerprint density at radius 3 is 3.21 bits per heavy atom. The summed E-state index contributed by atoms with van der Waals surface area (Å²) in [5, 5.41) is 16.4. The van der Waals surface area contributed by atoms with Gasteiger partial charge in [0.15, 0.2) is 0 Å². The van der Waals surface area contributed by atoms with Crippen LogP contribution in [0.2, 0.25) is 0 Å². The van der Waals surface area contributed by atoms with Crippen molar-refractivity contribution >= 4 is 16.9 Å². The summed E-state index contributed by atoms with van der Waals surface area (Å²) >= 11 is 0. The van der Waals surface area contributed by atoms with Gasteiger partial charge in [0.05, 0.1) is 11.7 Å². The number of rotatable bonds is 3. The zero-order chi connectivity index (χ0) is 13.2. The third kappa shape index (κ3) is 2.32. The smallest absolute Gasteiger partial charge is 0.253 e. The molecular formula is C13H16N4O2. The van der Waals surface area contributed by atoms with Crippen LogP contribution in [-0.4, -0.2) is 46.7 Å². The van der Waals surface area contributed by atoms with Crippen LogP contribution in [0.25, 0.3) is 11.0 Å². The van der Waals surface area contributed by atoms with Gasteiger partial charge in [0.25, 0.3) is 5.91 Å². The summed E-state index contributed by atoms with van der Waals surface area (Å²) in [5.41, 5.74) is 1.29. The van der Waals surface area contributed by atoms with Crippen molar-refractivity contribution in [1.29, 1.82) is 0 Å². The third-order valence-electron chi connectivity index (χ3n) is 3.52. The highest BCUT2D eigenvalue weighted by Crippen LogP contribution is 2.15. The predicted molar refractivity (Wildman–Crippen MR) is 70.8 cm³/mol. The van der Waals surface area contributed by atoms with Crippen molar-refractivity contribution in [3.8, 4) is 0 Å². The first kappa shape index (κ1) is 12.1. The molecule has 2 atom stereocenters. The maximum atomic E-state index is 12.1. The van der Waals surface area contributed by atoms with Crippen LogP contribution >= 0.6 is 0 Å². The van der Waals surface area contributed by atoms with E-state index in [1.807, 2.05) is 6.07 Å². The number of nitrogens with zero attached hydrogens (tertiary/aromatic N) is 1. The predicted octanol–water partition coefficient (Wildman–Crippen LogP) is -0.127. The molecular weight excluding hydrogens is 244 g/mol. The van der Waals surface area contributed by atoms with Crippen molar-refractivity contribution in [2.24, 2.45) is 5.92 Å². The number of nitrogens with one attached hydrogen (secondary N) is 3. The molecule has 1 saturated heterocycles. The van der Waals surface area contributed by atoms with Gasteiger partial charge in [-0.25, -0.2) is 4.98 Å². The fraction of sp³-hybridized carbons (Fsp3) is 0.385. The number of hydrogen-bond acceptors (Lipinski definition) is 4. The highest BCUT2D eigenvalue weighted by molar-refractivity contribution is 6.05. The second-order valence-electron chi connectivity index (χ2n) is 4.80. The number of aromatic nitrogens is 2. The third-order valence-corrected chi connectivity index (χ3v) is 3.52. The van der Waals surface area contributed by atoms with Gasteiger partial charge < -0.3 is 20.7 Å². The molecule has 19 heavy (non-hydrogen) atoms. The van der Waals surface area contributed by atoms with Crippen molar-refractivity contribution < 1.29 is 9.90 Å². The molecule has 0 bridgehead atoms. The first-order valence-corrected chi connectivity index (χ1v) is 6.35. The molecule has 1 aliphatic rings. The van der Waals surface area contributed by atoms with Crippen molar-refractivity contribution in [2.75, 3.05) is 19.6 Å². The van der Waals surface area contributed by atoms with E-state index in [4.69, 9.17) is 0 Å². The Morgan fingerprint density at radius 1 is 1.53 bits per heavy atom. The molecule has 0 saturated carbocycles. The van der Waals surface area contributed by atoms with Crippen LogP contribution in [0.4, 0.5) is 0 Å². The van der Waals surface area contributed by atoms with Crippen molar-refractivity contribution in [3.05, 3.63) is 30.1 Å². The number of fused-ring (bicyclic) bond motifs is 1. The summed E-state index contributed by atoms with van der Waals surface area (Å²) in [6.07, 6.45) is 2.96. The fourth-order valence-corrected chi connectivity index (χ4v) is 2.39. The topological polar surface area (TPSA) is 90.0 Å². The number of H-pyrrole nitrogens is 1. The SMILES string of the molecule is O=C(NCC1CNCC1O)c1c[nH]c2ncccc12. The number of aromatic amines is 1. The lowest BCUT2D eigenvalue weighted by Crippen LogP contribution is -2.34. The number of amides is 1. The average Bonchev–Trinajstić information content (AvgIpc) is 3.02. The lowest BCUT2D eigenvalue weighted by atomic mass is 10.1. The molecule has 0 aliphatic carbocycles. The molecule has 100 valence electrons. The number of carbonyl (C=O) groups is 1. The minimum atomic E-state index is -0.384. The molecule has 2 aromatic rings. The van der Waals surface area contributed by atoms with Gasteiger partial charge >= 0.3 is 0 Å². The highest BCUT2D eigenvalue weighted by atomic mass is 16.3. The molecule has 3 rings (SSSR count). The van der Waals surface area contributed by atoms with Crippen LogP contribution in [0.15, 0.2) is 24.5 Å². The van der Waals surface area contributed by atoms with Gasteiger partial charge in [-0.15, -0.1) is 0 Å². The second-order valence-corrected chi connectivity index (χ2v) is 4.80. The number of β-amino-alcohol motifs (C(OH)–C–C–N with tert-alkyl or cyclic N) is 1. The summed E-state index contributed by atoms with van der Waals surface area (Å²) in [6.45, 7) is 1.80. The van der Waals surface area contributed by atoms with Gasteiger partial charge in [-0.3, -0.25) is 4.79 Å². The van der Waals surface area contributed by atoms with E-state index in [-0.39, 0.29) is 17.9 Å². The highest BCUT2D eigenvalue weighted by Gasteiger charge is 2.25. The molecule has 6 heteroatoms. The van der Waals surface area contributed by atoms with E-state index >= 15 is 0 Å². The lowest BCUT2D eigenvalue weighted by Gasteiger charge is -2.13. The number of hydrogen-bond donors (Lipinski definition) is 4. The quantitative estimate of drug-likeness (QED) is 0.619. The van der Waals surface area contributed by atoms with Gasteiger partial charge in [-0.1, -0.05) is 0 Å². The minimum absolute atomic E-state index is 0.0762. The summed E-state index contributed by atoms with van der Waals surface area (Å²) in [5.74, 6) is -0.0642. The molecule has 1 fully saturated rings. The molecule has 0 radical (unpaired) electrons. The molecule has 6 nitrogen and oxygen atoms in total. The van der Waals surface area contributed by atoms with E-state index in [2.05, 4.69) is 20.6 Å². The Balaban J connectivity index is 1.70. The Hall–Kier alpha value is -1.92. The van der Waals surface area contributed by atoms with E-state index in [9.17, 15) is 9.90 Å². The molecule has 4 N–H and O–H groups in total. The molecule has 2 unspecified atom stereocenters. The average molecular weight is 260 g/mol. The van der Waals surface area contributed by atoms with Crippen LogP contribution in [-0.2, 0) is 0 Å². The van der Waals surface area contributed by atoms with Gasteiger partial charge in [0.2, 0.25) is 0 Å². The number of carbonyl (C=O) groups excluding carboxylic acids is 1. The Morgan fingerprint density at radius 2 is 2.42 bits per heavy atom. The van der Waals surface area contributed by atoms with Gasteiger partial charge in [0, 0.05) is 43.3 Å². The standard InChI is InChI=1S/C13H16N4O2/c18-11-7-14-4-8(11)5-17-13(19)10-6-16-12-9(10)2-1-3-15-12/h1-3,6,8,11,14,18H,4-5,7H2,(H,15,16)(H,17,19). The second kappa shape index (κ2) is 4.99. The Kier molecular flexibility index (Phi) is 3.18. The molecule has 3 heterocycles. The number of aliphatic hydroxyl groups excluding tert-OH is 1. The first-order valence-electron chi connectivity index (χ1n) is 6.35. The summed E-state index contributed by atoms with van der Waals surface area (Å²) in [4.78, 5) is 19.2. The summed E-state index contributed by atoms with van der Waals surface area (Å²) in [7, 11) is 0. The van der Waals surface area contributed by atoms with Crippen LogP contribution in [0, 0.1) is 5.92 Å². The zero-order valence-electron chi connectivity index (χ0n) is 10.4. The Bertz CT molecular complexity index is 595. The van der Waals surface area contributed by atoms with Crippen LogP contribution in [0.3, 0.4) is 0 Å². The van der Waals surface area contributed by atoms with Crippen LogP contribution in [0.1, 0.15) is 10.4 Å². The van der Waals surface area contributed by atoms with E-state index in [0.29, 0.717) is 24.3 Å². The molecule has 2 aromatic heterocycles. The first-order chi connectivity index (χ1) is 9.25. The van der Waals surface area contributed by atoms with Crippen molar-refractivity contribution in [2.45, 2.75) is 6.10 Å². The van der Waals surface area contributed by atoms with E-state index in [1.54, 1.807) is 18.5 Å².